The molecule has 5 saturated carbocycles. The molecule has 0 aromatic heterocycles. The van der Waals surface area contributed by atoms with Crippen molar-refractivity contribution in [1.82, 2.24) is 5.01 Å². The maximum Gasteiger partial charge on any atom is 0.334 e. The van der Waals surface area contributed by atoms with Gasteiger partial charge in [0.15, 0.2) is 6.04 Å². The van der Waals surface area contributed by atoms with Crippen LogP contribution in [0.25, 0.3) is 0 Å². The maximum absolute atomic E-state index is 12.4. The van der Waals surface area contributed by atoms with Gasteiger partial charge in [-0.2, -0.15) is 5.11 Å². The van der Waals surface area contributed by atoms with Gasteiger partial charge in [-0.1, -0.05) is 30.9 Å². The van der Waals surface area contributed by atoms with Crippen LogP contribution in [0.3, 0.4) is 0 Å². The monoisotopic (exact) mass is 389 g/mol. The van der Waals surface area contributed by atoms with Gasteiger partial charge in [0, 0.05) is 6.04 Å². The standard InChI is InChI=1S/C22H35N3O3/c1-27-21(26)20-19(25(24-23-20)18-6-4-2-3-5-7-18)14-28-22-11-15-8-16(12-22)10-17(9-15)13-22/h15-20H,2-14H2,1H3. The number of ether oxygens (including phenoxy) is 2. The lowest BCUT2D eigenvalue weighted by Crippen LogP contribution is -2.54. The summed E-state index contributed by atoms with van der Waals surface area (Å²) in [5.74, 6) is 2.30. The van der Waals surface area contributed by atoms with E-state index in [4.69, 9.17) is 9.47 Å². The second-order valence-electron chi connectivity index (χ2n) is 10.2. The summed E-state index contributed by atoms with van der Waals surface area (Å²) in [7, 11) is 1.45. The second kappa shape index (κ2) is 7.58. The molecule has 6 nitrogen and oxygen atoms in total. The lowest BCUT2D eigenvalue weighted by molar-refractivity contribution is -0.174. The second-order valence-corrected chi connectivity index (χ2v) is 10.2. The van der Waals surface area contributed by atoms with E-state index in [1.54, 1.807) is 0 Å². The molecule has 2 unspecified atom stereocenters. The first-order valence-corrected chi connectivity index (χ1v) is 11.6. The number of methoxy groups -OCH3 is 1. The number of nitrogens with zero attached hydrogens (tertiary/aromatic N) is 3. The van der Waals surface area contributed by atoms with Crippen LogP contribution in [-0.4, -0.2) is 48.4 Å². The van der Waals surface area contributed by atoms with E-state index in [2.05, 4.69) is 15.3 Å². The first kappa shape index (κ1) is 18.8. The van der Waals surface area contributed by atoms with Gasteiger partial charge in [0.1, 0.15) is 6.04 Å². The van der Waals surface area contributed by atoms with E-state index in [-0.39, 0.29) is 17.6 Å². The van der Waals surface area contributed by atoms with Gasteiger partial charge in [0.05, 0.1) is 19.3 Å². The largest absolute Gasteiger partial charge is 0.467 e. The molecule has 0 saturated heterocycles. The molecule has 6 aliphatic rings. The van der Waals surface area contributed by atoms with Crippen LogP contribution in [0.4, 0.5) is 0 Å². The quantitative estimate of drug-likeness (QED) is 0.520. The third kappa shape index (κ3) is 3.46. The minimum atomic E-state index is -0.540. The summed E-state index contributed by atoms with van der Waals surface area (Å²) in [5, 5.41) is 10.9. The molecule has 0 spiro atoms. The number of carbonyl (C=O) groups excluding carboxylic acids is 1. The van der Waals surface area contributed by atoms with E-state index < -0.39 is 6.04 Å². The van der Waals surface area contributed by atoms with Gasteiger partial charge < -0.3 is 9.47 Å². The van der Waals surface area contributed by atoms with Crippen molar-refractivity contribution in [2.45, 2.75) is 101 Å². The summed E-state index contributed by atoms with van der Waals surface area (Å²) < 4.78 is 11.8. The summed E-state index contributed by atoms with van der Waals surface area (Å²) in [5.41, 5.74) is 0.0487. The van der Waals surface area contributed by atoms with Crippen molar-refractivity contribution in [2.75, 3.05) is 13.7 Å². The normalized spacial score (nSPS) is 42.8. The smallest absolute Gasteiger partial charge is 0.334 e. The Bertz CT molecular complexity index is 579. The van der Waals surface area contributed by atoms with E-state index in [9.17, 15) is 4.79 Å². The lowest BCUT2D eigenvalue weighted by atomic mass is 9.54. The summed E-state index contributed by atoms with van der Waals surface area (Å²) in [4.78, 5) is 12.4. The average Bonchev–Trinajstić information content (AvgIpc) is 2.90. The molecule has 0 aromatic rings. The predicted molar refractivity (Wildman–Crippen MR) is 105 cm³/mol. The molecule has 0 amide bonds. The van der Waals surface area contributed by atoms with Crippen LogP contribution in [-0.2, 0) is 14.3 Å². The Morgan fingerprint density at radius 3 is 2.18 bits per heavy atom. The fourth-order valence-electron chi connectivity index (χ4n) is 7.23. The number of esters is 1. The van der Waals surface area contributed by atoms with Crippen LogP contribution >= 0.6 is 0 Å². The van der Waals surface area contributed by atoms with E-state index in [0.717, 1.165) is 30.6 Å². The summed E-state index contributed by atoms with van der Waals surface area (Å²) in [6, 6.07) is -0.267. The fourth-order valence-corrected chi connectivity index (χ4v) is 7.23. The summed E-state index contributed by atoms with van der Waals surface area (Å²) >= 11 is 0. The Morgan fingerprint density at radius 2 is 1.61 bits per heavy atom. The molecule has 0 radical (unpaired) electrons. The van der Waals surface area contributed by atoms with E-state index in [1.807, 2.05) is 0 Å². The highest BCUT2D eigenvalue weighted by molar-refractivity contribution is 5.77. The molecule has 5 fully saturated rings. The lowest BCUT2D eigenvalue weighted by Gasteiger charge is -2.56. The number of rotatable bonds is 5. The zero-order valence-corrected chi connectivity index (χ0v) is 17.2. The van der Waals surface area contributed by atoms with Gasteiger partial charge in [0.2, 0.25) is 0 Å². The van der Waals surface area contributed by atoms with Crippen LogP contribution in [0.5, 0.6) is 0 Å². The minimum absolute atomic E-state index is 0.0487. The first-order chi connectivity index (χ1) is 13.7. The van der Waals surface area contributed by atoms with Crippen molar-refractivity contribution in [3.63, 3.8) is 0 Å². The fraction of sp³-hybridized carbons (Fsp3) is 0.955. The third-order valence-corrected chi connectivity index (χ3v) is 8.17. The van der Waals surface area contributed by atoms with Gasteiger partial charge in [-0.25, -0.2) is 4.79 Å². The van der Waals surface area contributed by atoms with Crippen molar-refractivity contribution in [3.8, 4) is 0 Å². The molecule has 0 N–H and O–H groups in total. The zero-order chi connectivity index (χ0) is 19.1. The minimum Gasteiger partial charge on any atom is -0.467 e. The van der Waals surface area contributed by atoms with Crippen LogP contribution in [0.1, 0.15) is 77.0 Å². The molecule has 0 aromatic carbocycles. The molecule has 4 bridgehead atoms. The van der Waals surface area contributed by atoms with Gasteiger partial charge in [-0.05, 0) is 69.1 Å². The van der Waals surface area contributed by atoms with E-state index in [1.165, 1.54) is 71.3 Å². The summed E-state index contributed by atoms with van der Waals surface area (Å²) in [6.07, 6.45) is 15.2. The van der Waals surface area contributed by atoms with Crippen LogP contribution < -0.4 is 0 Å². The highest BCUT2D eigenvalue weighted by Gasteiger charge is 2.53. The van der Waals surface area contributed by atoms with Crippen molar-refractivity contribution in [3.05, 3.63) is 0 Å². The van der Waals surface area contributed by atoms with Crippen LogP contribution in [0.15, 0.2) is 10.3 Å². The van der Waals surface area contributed by atoms with Gasteiger partial charge in [-0.3, -0.25) is 5.01 Å². The van der Waals surface area contributed by atoms with Crippen molar-refractivity contribution in [2.24, 2.45) is 28.1 Å². The van der Waals surface area contributed by atoms with Crippen LogP contribution in [0.2, 0.25) is 0 Å². The Hall–Kier alpha value is -1.17. The molecular weight excluding hydrogens is 354 g/mol. The molecule has 6 rings (SSSR count). The van der Waals surface area contributed by atoms with Gasteiger partial charge in [-0.15, -0.1) is 0 Å². The number of hydrogen-bond donors (Lipinski definition) is 0. The number of hydrogen-bond acceptors (Lipinski definition) is 6. The number of carbonyl (C=O) groups is 1. The first-order valence-electron chi connectivity index (χ1n) is 11.6. The molecule has 5 aliphatic carbocycles. The Balaban J connectivity index is 1.30. The van der Waals surface area contributed by atoms with E-state index >= 15 is 0 Å². The van der Waals surface area contributed by atoms with Crippen molar-refractivity contribution in [1.29, 1.82) is 0 Å². The zero-order valence-electron chi connectivity index (χ0n) is 17.2. The van der Waals surface area contributed by atoms with Gasteiger partial charge in [0.25, 0.3) is 0 Å². The molecule has 2 atom stereocenters. The third-order valence-electron chi connectivity index (χ3n) is 8.17. The molecule has 1 heterocycles. The Morgan fingerprint density at radius 1 is 1.00 bits per heavy atom. The molecule has 6 heteroatoms. The van der Waals surface area contributed by atoms with Crippen LogP contribution in [0, 0.1) is 17.8 Å². The average molecular weight is 390 g/mol. The van der Waals surface area contributed by atoms with Crippen molar-refractivity contribution < 1.29 is 14.3 Å². The highest BCUT2D eigenvalue weighted by Crippen LogP contribution is 2.57. The summed E-state index contributed by atoms with van der Waals surface area (Å²) in [6.45, 7) is 0.551. The molecular formula is C22H35N3O3. The highest BCUT2D eigenvalue weighted by atomic mass is 16.5. The molecule has 156 valence electrons. The Kier molecular flexibility index (Phi) is 5.10. The van der Waals surface area contributed by atoms with Gasteiger partial charge >= 0.3 is 5.97 Å². The maximum atomic E-state index is 12.4. The van der Waals surface area contributed by atoms with Crippen molar-refractivity contribution >= 4 is 5.97 Å². The predicted octanol–water partition coefficient (Wildman–Crippen LogP) is 4.29. The SMILES string of the molecule is COC(=O)C1N=NN(C2CCCCCC2)C1COC12CC3CC(CC(C3)C1)C2. The molecule has 28 heavy (non-hydrogen) atoms. The topological polar surface area (TPSA) is 63.5 Å². The van der Waals surface area contributed by atoms with E-state index in [0.29, 0.717) is 12.6 Å². The Labute approximate surface area is 168 Å². The molecule has 1 aliphatic heterocycles.